The van der Waals surface area contributed by atoms with Gasteiger partial charge in [-0.05, 0) is 12.5 Å². The lowest BCUT2D eigenvalue weighted by molar-refractivity contribution is -0.136. The quantitative estimate of drug-likeness (QED) is 0.800. The zero-order chi connectivity index (χ0) is 13.2. The molecule has 1 aromatic rings. The molecule has 1 saturated heterocycles. The lowest BCUT2D eigenvalue weighted by atomic mass is 10.00. The average molecular weight is 260 g/mol. The van der Waals surface area contributed by atoms with Crippen LogP contribution in [-0.4, -0.2) is 43.0 Å². The summed E-state index contributed by atoms with van der Waals surface area (Å²) in [6, 6.07) is 7.59. The van der Waals surface area contributed by atoms with Crippen LogP contribution in [0.15, 0.2) is 24.3 Å². The zero-order valence-corrected chi connectivity index (χ0v) is 10.6. The topological polar surface area (TPSA) is 58.6 Å². The maximum Gasteiger partial charge on any atom is 0.239 e. The zero-order valence-electron chi connectivity index (χ0n) is 10.6. The number of fused-ring (bicyclic) bond motifs is 1. The first-order chi connectivity index (χ1) is 9.25. The fraction of sp³-hybridized carbons (Fsp3) is 0.429. The molecule has 0 radical (unpaired) electrons. The molecule has 2 aliphatic heterocycles. The van der Waals surface area contributed by atoms with Gasteiger partial charge < -0.3 is 15.0 Å². The molecule has 0 aromatic heterocycles. The molecule has 1 fully saturated rings. The van der Waals surface area contributed by atoms with Gasteiger partial charge in [0.05, 0.1) is 6.54 Å². The fourth-order valence-corrected chi connectivity index (χ4v) is 2.58. The van der Waals surface area contributed by atoms with Gasteiger partial charge in [0.2, 0.25) is 11.8 Å². The van der Waals surface area contributed by atoms with Gasteiger partial charge in [0.25, 0.3) is 0 Å². The van der Waals surface area contributed by atoms with E-state index in [1.54, 1.807) is 4.90 Å². The third-order valence-corrected chi connectivity index (χ3v) is 3.57. The van der Waals surface area contributed by atoms with E-state index in [1.165, 1.54) is 0 Å². The third-order valence-electron chi connectivity index (χ3n) is 3.57. The Morgan fingerprint density at radius 1 is 1.37 bits per heavy atom. The van der Waals surface area contributed by atoms with Crippen molar-refractivity contribution in [3.8, 4) is 5.75 Å². The van der Waals surface area contributed by atoms with Crippen LogP contribution in [-0.2, 0) is 9.59 Å². The van der Waals surface area contributed by atoms with Crippen molar-refractivity contribution in [1.29, 1.82) is 0 Å². The van der Waals surface area contributed by atoms with Gasteiger partial charge in [0, 0.05) is 18.7 Å². The van der Waals surface area contributed by atoms with Crippen LogP contribution in [0.3, 0.4) is 0 Å². The number of hydrogen-bond donors (Lipinski definition) is 1. The Hall–Kier alpha value is -2.04. The van der Waals surface area contributed by atoms with Crippen LogP contribution in [0.2, 0.25) is 0 Å². The van der Waals surface area contributed by atoms with Gasteiger partial charge in [-0.15, -0.1) is 0 Å². The molecule has 1 unspecified atom stereocenters. The van der Waals surface area contributed by atoms with Crippen LogP contribution < -0.4 is 10.1 Å². The third kappa shape index (κ3) is 2.28. The van der Waals surface area contributed by atoms with E-state index in [0.29, 0.717) is 19.7 Å². The van der Waals surface area contributed by atoms with Crippen LogP contribution >= 0.6 is 0 Å². The SMILES string of the molecule is O=C1CN(C(=O)C2COc3ccccc32)CCCN1. The molecule has 5 heteroatoms. The van der Waals surface area contributed by atoms with E-state index in [-0.39, 0.29) is 24.3 Å². The summed E-state index contributed by atoms with van der Waals surface area (Å²) >= 11 is 0. The summed E-state index contributed by atoms with van der Waals surface area (Å²) in [5.74, 6) is 0.405. The van der Waals surface area contributed by atoms with Gasteiger partial charge in [-0.2, -0.15) is 0 Å². The Morgan fingerprint density at radius 2 is 2.21 bits per heavy atom. The van der Waals surface area contributed by atoms with Crippen molar-refractivity contribution in [2.75, 3.05) is 26.2 Å². The van der Waals surface area contributed by atoms with E-state index in [0.717, 1.165) is 17.7 Å². The first-order valence-electron chi connectivity index (χ1n) is 6.53. The van der Waals surface area contributed by atoms with E-state index in [4.69, 9.17) is 4.74 Å². The number of rotatable bonds is 1. The first kappa shape index (κ1) is 12.0. The number of benzene rings is 1. The number of carbonyl (C=O) groups excluding carboxylic acids is 2. The highest BCUT2D eigenvalue weighted by atomic mass is 16.5. The second kappa shape index (κ2) is 4.91. The molecule has 2 heterocycles. The van der Waals surface area contributed by atoms with Gasteiger partial charge >= 0.3 is 0 Å². The number of hydrogen-bond acceptors (Lipinski definition) is 3. The van der Waals surface area contributed by atoms with Crippen molar-refractivity contribution in [2.45, 2.75) is 12.3 Å². The predicted octanol–water partition coefficient (Wildman–Crippen LogP) is 0.511. The van der Waals surface area contributed by atoms with E-state index in [1.807, 2.05) is 24.3 Å². The molecule has 3 rings (SSSR count). The summed E-state index contributed by atoms with van der Waals surface area (Å²) in [6.45, 7) is 1.78. The van der Waals surface area contributed by atoms with Gasteiger partial charge in [-0.1, -0.05) is 18.2 Å². The summed E-state index contributed by atoms with van der Waals surface area (Å²) in [6.07, 6.45) is 0.798. The molecular weight excluding hydrogens is 244 g/mol. The Kier molecular flexibility index (Phi) is 3.11. The number of amides is 2. The molecule has 0 spiro atoms. The van der Waals surface area contributed by atoms with Crippen LogP contribution in [0, 0.1) is 0 Å². The Balaban J connectivity index is 1.79. The second-order valence-corrected chi connectivity index (χ2v) is 4.86. The normalized spacial score (nSPS) is 22.2. The standard InChI is InChI=1S/C14H16N2O3/c17-13-8-16(7-3-6-15-13)14(18)11-9-19-12-5-2-1-4-10(11)12/h1-2,4-5,11H,3,6-9H2,(H,15,17). The van der Waals surface area contributed by atoms with Crippen LogP contribution in [0.1, 0.15) is 17.9 Å². The fourth-order valence-electron chi connectivity index (χ4n) is 2.58. The lowest BCUT2D eigenvalue weighted by Gasteiger charge is -2.22. The van der Waals surface area contributed by atoms with Crippen molar-refractivity contribution in [3.63, 3.8) is 0 Å². The first-order valence-corrected chi connectivity index (χ1v) is 6.53. The average Bonchev–Trinajstić information content (AvgIpc) is 2.73. The summed E-state index contributed by atoms with van der Waals surface area (Å²) in [7, 11) is 0. The minimum atomic E-state index is -0.276. The van der Waals surface area contributed by atoms with E-state index in [9.17, 15) is 9.59 Å². The Bertz CT molecular complexity index is 515. The Morgan fingerprint density at radius 3 is 3.11 bits per heavy atom. The molecule has 1 N–H and O–H groups in total. The maximum absolute atomic E-state index is 12.5. The summed E-state index contributed by atoms with van der Waals surface area (Å²) in [5.41, 5.74) is 0.928. The molecule has 0 aliphatic carbocycles. The minimum Gasteiger partial charge on any atom is -0.492 e. The highest BCUT2D eigenvalue weighted by Gasteiger charge is 2.34. The molecular formula is C14H16N2O3. The van der Waals surface area contributed by atoms with Gasteiger partial charge in [0.1, 0.15) is 18.3 Å². The van der Waals surface area contributed by atoms with Crippen molar-refractivity contribution < 1.29 is 14.3 Å². The van der Waals surface area contributed by atoms with Crippen molar-refractivity contribution >= 4 is 11.8 Å². The molecule has 1 atom stereocenters. The van der Waals surface area contributed by atoms with E-state index in [2.05, 4.69) is 5.32 Å². The number of nitrogens with one attached hydrogen (secondary N) is 1. The van der Waals surface area contributed by atoms with Gasteiger partial charge in [-0.25, -0.2) is 0 Å². The molecule has 0 saturated carbocycles. The van der Waals surface area contributed by atoms with E-state index < -0.39 is 0 Å². The number of carbonyl (C=O) groups is 2. The van der Waals surface area contributed by atoms with Crippen molar-refractivity contribution in [2.24, 2.45) is 0 Å². The second-order valence-electron chi connectivity index (χ2n) is 4.86. The largest absolute Gasteiger partial charge is 0.492 e. The van der Waals surface area contributed by atoms with Crippen molar-refractivity contribution in [1.82, 2.24) is 10.2 Å². The summed E-state index contributed by atoms with van der Waals surface area (Å²) in [4.78, 5) is 25.7. The molecule has 19 heavy (non-hydrogen) atoms. The molecule has 2 aliphatic rings. The molecule has 100 valence electrons. The van der Waals surface area contributed by atoms with Gasteiger partial charge in [-0.3, -0.25) is 9.59 Å². The highest BCUT2D eigenvalue weighted by Crippen LogP contribution is 2.34. The van der Waals surface area contributed by atoms with Crippen LogP contribution in [0.5, 0.6) is 5.75 Å². The summed E-state index contributed by atoms with van der Waals surface area (Å²) < 4.78 is 5.53. The smallest absolute Gasteiger partial charge is 0.239 e. The molecule has 5 nitrogen and oxygen atoms in total. The van der Waals surface area contributed by atoms with Crippen LogP contribution in [0.4, 0.5) is 0 Å². The Labute approximate surface area is 111 Å². The van der Waals surface area contributed by atoms with Gasteiger partial charge in [0.15, 0.2) is 0 Å². The molecule has 0 bridgehead atoms. The number of ether oxygens (including phenoxy) is 1. The van der Waals surface area contributed by atoms with E-state index >= 15 is 0 Å². The highest BCUT2D eigenvalue weighted by molar-refractivity contribution is 5.90. The molecule has 1 aromatic carbocycles. The van der Waals surface area contributed by atoms with Crippen LogP contribution in [0.25, 0.3) is 0 Å². The minimum absolute atomic E-state index is 0.0120. The predicted molar refractivity (Wildman–Crippen MR) is 68.9 cm³/mol. The number of nitrogens with zero attached hydrogens (tertiary/aromatic N) is 1. The molecule has 2 amide bonds. The lowest BCUT2D eigenvalue weighted by Crippen LogP contribution is -2.40. The van der Waals surface area contributed by atoms with Crippen molar-refractivity contribution in [3.05, 3.63) is 29.8 Å². The maximum atomic E-state index is 12.5. The summed E-state index contributed by atoms with van der Waals surface area (Å²) in [5, 5.41) is 2.78. The monoisotopic (exact) mass is 260 g/mol. The number of para-hydroxylation sites is 1.